The summed E-state index contributed by atoms with van der Waals surface area (Å²) in [7, 11) is 3.23. The molecule has 1 fully saturated rings. The molecule has 170 valence electrons. The number of para-hydroxylation sites is 1. The number of nitrogens with two attached hydrogens (primary N) is 1. The highest BCUT2D eigenvalue weighted by atomic mass is 16.6. The summed E-state index contributed by atoms with van der Waals surface area (Å²) in [6.07, 6.45) is 3.64. The molecule has 2 aromatic rings. The Labute approximate surface area is 190 Å². The van der Waals surface area contributed by atoms with E-state index < -0.39 is 11.5 Å². The number of hydrogen-bond acceptors (Lipinski definition) is 5. The first-order valence-corrected chi connectivity index (χ1v) is 10.9. The molecule has 1 unspecified atom stereocenters. The number of ketones is 1. The predicted molar refractivity (Wildman–Crippen MR) is 125 cm³/mol. The van der Waals surface area contributed by atoms with Crippen molar-refractivity contribution in [1.82, 2.24) is 4.90 Å². The van der Waals surface area contributed by atoms with Crippen LogP contribution in [0.1, 0.15) is 41.6 Å². The van der Waals surface area contributed by atoms with E-state index in [-0.39, 0.29) is 18.0 Å². The fraction of sp³-hybridized carbons (Fsp3) is 0.385. The average molecular weight is 437 g/mol. The monoisotopic (exact) mass is 436 g/mol. The van der Waals surface area contributed by atoms with Crippen molar-refractivity contribution in [3.8, 4) is 5.75 Å². The van der Waals surface area contributed by atoms with E-state index in [4.69, 9.17) is 15.2 Å². The smallest absolute Gasteiger partial charge is 0.410 e. The lowest BCUT2D eigenvalue weighted by atomic mass is 9.63. The Morgan fingerprint density at radius 2 is 1.78 bits per heavy atom. The summed E-state index contributed by atoms with van der Waals surface area (Å²) in [5.41, 5.74) is 7.69. The van der Waals surface area contributed by atoms with Crippen LogP contribution in [0.15, 0.2) is 67.3 Å². The van der Waals surface area contributed by atoms with Gasteiger partial charge in [-0.2, -0.15) is 0 Å². The molecule has 1 amide bonds. The van der Waals surface area contributed by atoms with E-state index in [1.807, 2.05) is 42.5 Å². The summed E-state index contributed by atoms with van der Waals surface area (Å²) >= 11 is 0. The Kier molecular flexibility index (Phi) is 7.70. The molecule has 0 heterocycles. The van der Waals surface area contributed by atoms with E-state index >= 15 is 0 Å². The Balaban J connectivity index is 1.84. The van der Waals surface area contributed by atoms with Gasteiger partial charge in [0.2, 0.25) is 0 Å². The number of nitrogens with zero attached hydrogens (tertiary/aromatic N) is 1. The van der Waals surface area contributed by atoms with Gasteiger partial charge in [-0.15, -0.1) is 6.58 Å². The standard InChI is InChI=1S/C26H32N2O4/c1-4-18-28(2)25(30)32-20-14-16-26(17-15-20,19-10-6-5-7-11-19)24(27)23(29)21-12-8-9-13-22(21)31-3/h4-13,20,24H,1,14-18,27H2,2-3H3. The first-order valence-electron chi connectivity index (χ1n) is 10.9. The summed E-state index contributed by atoms with van der Waals surface area (Å²) in [6.45, 7) is 4.08. The topological polar surface area (TPSA) is 81.9 Å². The fourth-order valence-electron chi connectivity index (χ4n) is 4.54. The van der Waals surface area contributed by atoms with Gasteiger partial charge in [0.05, 0.1) is 18.7 Å². The molecule has 1 aliphatic rings. The number of carbonyl (C=O) groups is 2. The number of hydrogen-bond donors (Lipinski definition) is 1. The quantitative estimate of drug-likeness (QED) is 0.492. The van der Waals surface area contributed by atoms with Gasteiger partial charge in [0.1, 0.15) is 11.9 Å². The molecule has 6 nitrogen and oxygen atoms in total. The Bertz CT molecular complexity index is 936. The highest BCUT2D eigenvalue weighted by molar-refractivity contribution is 6.03. The van der Waals surface area contributed by atoms with E-state index in [9.17, 15) is 9.59 Å². The summed E-state index contributed by atoms with van der Waals surface area (Å²) < 4.78 is 11.1. The Hall–Kier alpha value is -3.12. The summed E-state index contributed by atoms with van der Waals surface area (Å²) in [6, 6.07) is 16.4. The van der Waals surface area contributed by atoms with Crippen LogP contribution in [0.5, 0.6) is 5.75 Å². The second-order valence-electron chi connectivity index (χ2n) is 8.32. The maximum Gasteiger partial charge on any atom is 0.410 e. The molecule has 2 aromatic carbocycles. The molecule has 0 bridgehead atoms. The van der Waals surface area contributed by atoms with Crippen LogP contribution < -0.4 is 10.5 Å². The van der Waals surface area contributed by atoms with Crippen LogP contribution in [-0.4, -0.2) is 49.6 Å². The third-order valence-electron chi connectivity index (χ3n) is 6.41. The number of likely N-dealkylation sites (N-methyl/N-ethyl adjacent to an activating group) is 1. The number of methoxy groups -OCH3 is 1. The minimum absolute atomic E-state index is 0.146. The van der Waals surface area contributed by atoms with Crippen molar-refractivity contribution in [3.63, 3.8) is 0 Å². The number of Topliss-reactive ketones (excluding diaryl/α,β-unsaturated/α-hetero) is 1. The van der Waals surface area contributed by atoms with Crippen molar-refractivity contribution in [3.05, 3.63) is 78.4 Å². The lowest BCUT2D eigenvalue weighted by Crippen LogP contribution is -2.53. The lowest BCUT2D eigenvalue weighted by molar-refractivity contribution is 0.0341. The zero-order chi connectivity index (χ0) is 23.1. The van der Waals surface area contributed by atoms with Crippen LogP contribution in [0, 0.1) is 0 Å². The van der Waals surface area contributed by atoms with Gasteiger partial charge in [-0.3, -0.25) is 4.79 Å². The van der Waals surface area contributed by atoms with Crippen LogP contribution in [0.25, 0.3) is 0 Å². The predicted octanol–water partition coefficient (Wildman–Crippen LogP) is 4.34. The third-order valence-corrected chi connectivity index (χ3v) is 6.41. The van der Waals surface area contributed by atoms with Crippen LogP contribution in [0.4, 0.5) is 4.79 Å². The molecule has 6 heteroatoms. The number of amides is 1. The van der Waals surface area contributed by atoms with Crippen molar-refractivity contribution in [2.24, 2.45) is 5.73 Å². The molecular formula is C26H32N2O4. The molecule has 0 aliphatic heterocycles. The van der Waals surface area contributed by atoms with Crippen molar-refractivity contribution < 1.29 is 19.1 Å². The van der Waals surface area contributed by atoms with Crippen LogP contribution in [0.3, 0.4) is 0 Å². The van der Waals surface area contributed by atoms with Gasteiger partial charge in [0.15, 0.2) is 5.78 Å². The van der Waals surface area contributed by atoms with E-state index in [1.165, 1.54) is 4.90 Å². The van der Waals surface area contributed by atoms with Gasteiger partial charge in [0.25, 0.3) is 0 Å². The molecule has 1 saturated carbocycles. The normalized spacial score (nSPS) is 21.3. The fourth-order valence-corrected chi connectivity index (χ4v) is 4.54. The van der Waals surface area contributed by atoms with Gasteiger partial charge in [-0.05, 0) is 43.4 Å². The highest BCUT2D eigenvalue weighted by Crippen LogP contribution is 2.43. The highest BCUT2D eigenvalue weighted by Gasteiger charge is 2.46. The summed E-state index contributed by atoms with van der Waals surface area (Å²) in [5.74, 6) is 0.372. The minimum atomic E-state index is -0.749. The van der Waals surface area contributed by atoms with Gasteiger partial charge in [0, 0.05) is 19.0 Å². The van der Waals surface area contributed by atoms with E-state index in [2.05, 4.69) is 6.58 Å². The van der Waals surface area contributed by atoms with Crippen molar-refractivity contribution in [1.29, 1.82) is 0 Å². The molecule has 1 atom stereocenters. The number of ether oxygens (including phenoxy) is 2. The van der Waals surface area contributed by atoms with Crippen molar-refractivity contribution in [2.45, 2.75) is 43.2 Å². The Morgan fingerprint density at radius 1 is 1.16 bits per heavy atom. The number of benzene rings is 2. The van der Waals surface area contributed by atoms with Gasteiger partial charge in [-0.1, -0.05) is 48.5 Å². The van der Waals surface area contributed by atoms with E-state index in [0.717, 1.165) is 5.56 Å². The maximum absolute atomic E-state index is 13.5. The van der Waals surface area contributed by atoms with E-state index in [0.29, 0.717) is 43.5 Å². The molecule has 32 heavy (non-hydrogen) atoms. The van der Waals surface area contributed by atoms with Crippen molar-refractivity contribution in [2.75, 3.05) is 20.7 Å². The SMILES string of the molecule is C=CCN(C)C(=O)OC1CCC(c2ccccc2)(C(N)C(=O)c2ccccc2OC)CC1. The molecule has 0 aromatic heterocycles. The van der Waals surface area contributed by atoms with Crippen LogP contribution >= 0.6 is 0 Å². The molecule has 0 saturated heterocycles. The van der Waals surface area contributed by atoms with Gasteiger partial charge in [-0.25, -0.2) is 4.79 Å². The third kappa shape index (κ3) is 4.86. The maximum atomic E-state index is 13.5. The molecule has 0 spiro atoms. The zero-order valence-corrected chi connectivity index (χ0v) is 18.8. The second kappa shape index (κ2) is 10.5. The first-order chi connectivity index (χ1) is 15.4. The molecule has 3 rings (SSSR count). The van der Waals surface area contributed by atoms with Crippen LogP contribution in [0.2, 0.25) is 0 Å². The van der Waals surface area contributed by atoms with Crippen LogP contribution in [-0.2, 0) is 10.2 Å². The molecule has 2 N–H and O–H groups in total. The average Bonchev–Trinajstić information content (AvgIpc) is 2.84. The van der Waals surface area contributed by atoms with Crippen molar-refractivity contribution >= 4 is 11.9 Å². The first kappa shape index (κ1) is 23.5. The lowest BCUT2D eigenvalue weighted by Gasteiger charge is -2.44. The summed E-state index contributed by atoms with van der Waals surface area (Å²) in [4.78, 5) is 27.3. The van der Waals surface area contributed by atoms with E-state index in [1.54, 1.807) is 32.4 Å². The summed E-state index contributed by atoms with van der Waals surface area (Å²) in [5, 5.41) is 0. The minimum Gasteiger partial charge on any atom is -0.496 e. The largest absolute Gasteiger partial charge is 0.496 e. The number of rotatable bonds is 8. The second-order valence-corrected chi connectivity index (χ2v) is 8.32. The zero-order valence-electron chi connectivity index (χ0n) is 18.8. The van der Waals surface area contributed by atoms with Gasteiger partial charge >= 0.3 is 6.09 Å². The Morgan fingerprint density at radius 3 is 2.41 bits per heavy atom. The molecule has 0 radical (unpaired) electrons. The molecular weight excluding hydrogens is 404 g/mol. The molecule has 1 aliphatic carbocycles. The number of carbonyl (C=O) groups excluding carboxylic acids is 2. The van der Waals surface area contributed by atoms with Gasteiger partial charge < -0.3 is 20.1 Å².